The van der Waals surface area contributed by atoms with Gasteiger partial charge in [-0.05, 0) is 24.1 Å². The Morgan fingerprint density at radius 2 is 1.79 bits per heavy atom. The van der Waals surface area contributed by atoms with Crippen molar-refractivity contribution in [3.05, 3.63) is 23.8 Å². The van der Waals surface area contributed by atoms with Gasteiger partial charge in [-0.3, -0.25) is 0 Å². The minimum atomic E-state index is -0.497. The van der Waals surface area contributed by atoms with Crippen LogP contribution >= 0.6 is 0 Å². The van der Waals surface area contributed by atoms with E-state index >= 15 is 0 Å². The van der Waals surface area contributed by atoms with Crippen LogP contribution < -0.4 is 4.74 Å². The van der Waals surface area contributed by atoms with Crippen molar-refractivity contribution in [3.8, 4) is 11.5 Å². The number of phenolic OH excluding ortho intramolecular Hbond substituents is 1. The van der Waals surface area contributed by atoms with Crippen LogP contribution in [0.25, 0.3) is 0 Å². The van der Waals surface area contributed by atoms with Gasteiger partial charge in [0.1, 0.15) is 0 Å². The molecular weight excluding hydrogens is 240 g/mol. The highest BCUT2D eigenvalue weighted by Crippen LogP contribution is 2.30. The molecule has 0 amide bonds. The van der Waals surface area contributed by atoms with E-state index in [0.717, 1.165) is 18.4 Å². The smallest absolute Gasteiger partial charge is 0.160 e. The van der Waals surface area contributed by atoms with E-state index in [1.807, 2.05) is 0 Å². The van der Waals surface area contributed by atoms with Gasteiger partial charge < -0.3 is 14.9 Å². The van der Waals surface area contributed by atoms with Crippen molar-refractivity contribution in [2.45, 2.75) is 58.0 Å². The number of benzene rings is 1. The molecule has 0 spiro atoms. The normalized spacial score (nSPS) is 12.4. The van der Waals surface area contributed by atoms with Crippen LogP contribution in [0.1, 0.15) is 63.5 Å². The van der Waals surface area contributed by atoms with Gasteiger partial charge in [-0.25, -0.2) is 0 Å². The zero-order valence-corrected chi connectivity index (χ0v) is 12.1. The third-order valence-corrected chi connectivity index (χ3v) is 3.42. The van der Waals surface area contributed by atoms with Gasteiger partial charge >= 0.3 is 0 Å². The Labute approximate surface area is 116 Å². The highest BCUT2D eigenvalue weighted by atomic mass is 16.5. The molecule has 108 valence electrons. The van der Waals surface area contributed by atoms with Gasteiger partial charge in [-0.1, -0.05) is 51.5 Å². The molecule has 1 aromatic carbocycles. The summed E-state index contributed by atoms with van der Waals surface area (Å²) in [6, 6.07) is 5.08. The Morgan fingerprint density at radius 1 is 1.11 bits per heavy atom. The number of phenols is 1. The minimum absolute atomic E-state index is 0.0852. The molecule has 3 heteroatoms. The zero-order valence-electron chi connectivity index (χ0n) is 12.1. The summed E-state index contributed by atoms with van der Waals surface area (Å²) in [5, 5.41) is 19.7. The summed E-state index contributed by atoms with van der Waals surface area (Å²) in [6.45, 7) is 2.21. The average molecular weight is 266 g/mol. The van der Waals surface area contributed by atoms with E-state index in [2.05, 4.69) is 6.92 Å². The Morgan fingerprint density at radius 3 is 2.42 bits per heavy atom. The minimum Gasteiger partial charge on any atom is -0.504 e. The average Bonchev–Trinajstić information content (AvgIpc) is 2.42. The number of aliphatic hydroxyl groups excluding tert-OH is 1. The van der Waals surface area contributed by atoms with Crippen LogP contribution in [-0.4, -0.2) is 17.3 Å². The molecule has 0 bridgehead atoms. The summed E-state index contributed by atoms with van der Waals surface area (Å²) in [7, 11) is 1.52. The molecule has 0 fully saturated rings. The van der Waals surface area contributed by atoms with Crippen LogP contribution in [0.3, 0.4) is 0 Å². The fraction of sp³-hybridized carbons (Fsp3) is 0.625. The highest BCUT2D eigenvalue weighted by molar-refractivity contribution is 5.42. The molecule has 0 aromatic heterocycles. The fourth-order valence-electron chi connectivity index (χ4n) is 2.20. The molecule has 0 aliphatic rings. The molecule has 0 aliphatic heterocycles. The summed E-state index contributed by atoms with van der Waals surface area (Å²) in [4.78, 5) is 0. The lowest BCUT2D eigenvalue weighted by Crippen LogP contribution is -1.98. The molecule has 0 aliphatic carbocycles. The summed E-state index contributed by atoms with van der Waals surface area (Å²) in [5.74, 6) is 0.525. The third kappa shape index (κ3) is 5.52. The maximum atomic E-state index is 10.1. The molecule has 19 heavy (non-hydrogen) atoms. The number of hydrogen-bond acceptors (Lipinski definition) is 3. The first-order valence-corrected chi connectivity index (χ1v) is 7.24. The van der Waals surface area contributed by atoms with Crippen LogP contribution in [0.4, 0.5) is 0 Å². The van der Waals surface area contributed by atoms with Crippen LogP contribution in [0.5, 0.6) is 11.5 Å². The van der Waals surface area contributed by atoms with Gasteiger partial charge in [0, 0.05) is 0 Å². The Bertz CT molecular complexity index is 363. The van der Waals surface area contributed by atoms with Gasteiger partial charge in [0.05, 0.1) is 13.2 Å². The number of aromatic hydroxyl groups is 1. The summed E-state index contributed by atoms with van der Waals surface area (Å²) < 4.78 is 4.98. The van der Waals surface area contributed by atoms with Crippen molar-refractivity contribution < 1.29 is 14.9 Å². The highest BCUT2D eigenvalue weighted by Gasteiger charge is 2.10. The van der Waals surface area contributed by atoms with Gasteiger partial charge in [0.2, 0.25) is 0 Å². The predicted molar refractivity (Wildman–Crippen MR) is 77.6 cm³/mol. The molecule has 0 heterocycles. The van der Waals surface area contributed by atoms with Crippen molar-refractivity contribution in [3.63, 3.8) is 0 Å². The van der Waals surface area contributed by atoms with E-state index in [0.29, 0.717) is 5.75 Å². The lowest BCUT2D eigenvalue weighted by Gasteiger charge is -2.12. The van der Waals surface area contributed by atoms with E-state index in [9.17, 15) is 10.2 Å². The van der Waals surface area contributed by atoms with Gasteiger partial charge in [0.25, 0.3) is 0 Å². The Balaban J connectivity index is 2.33. The van der Waals surface area contributed by atoms with E-state index in [1.165, 1.54) is 39.2 Å². The predicted octanol–water partition coefficient (Wildman–Crippen LogP) is 4.18. The summed E-state index contributed by atoms with van der Waals surface area (Å²) in [6.07, 6.45) is 7.53. The third-order valence-electron chi connectivity index (χ3n) is 3.42. The molecule has 0 saturated heterocycles. The largest absolute Gasteiger partial charge is 0.504 e. The van der Waals surface area contributed by atoms with E-state index in [1.54, 1.807) is 18.2 Å². The summed E-state index contributed by atoms with van der Waals surface area (Å²) >= 11 is 0. The molecule has 1 unspecified atom stereocenters. The van der Waals surface area contributed by atoms with Crippen LogP contribution in [0, 0.1) is 0 Å². The molecule has 1 rings (SSSR count). The number of unbranched alkanes of at least 4 members (excludes halogenated alkanes) is 5. The monoisotopic (exact) mass is 266 g/mol. The van der Waals surface area contributed by atoms with Crippen molar-refractivity contribution in [2.75, 3.05) is 7.11 Å². The second-order valence-electron chi connectivity index (χ2n) is 5.00. The number of ether oxygens (including phenoxy) is 1. The van der Waals surface area contributed by atoms with Crippen molar-refractivity contribution in [1.82, 2.24) is 0 Å². The van der Waals surface area contributed by atoms with E-state index < -0.39 is 6.10 Å². The standard InChI is InChI=1S/C16H26O3/c1-3-4-5-6-7-8-9-14(17)13-10-11-16(19-2)15(18)12-13/h10-12,14,17-18H,3-9H2,1-2H3. The van der Waals surface area contributed by atoms with Gasteiger partial charge in [-0.2, -0.15) is 0 Å². The Hall–Kier alpha value is -1.22. The first-order chi connectivity index (χ1) is 9.19. The quantitative estimate of drug-likeness (QED) is 0.659. The fourth-order valence-corrected chi connectivity index (χ4v) is 2.20. The van der Waals surface area contributed by atoms with E-state index in [-0.39, 0.29) is 5.75 Å². The molecule has 1 atom stereocenters. The topological polar surface area (TPSA) is 49.7 Å². The summed E-state index contributed by atoms with van der Waals surface area (Å²) in [5.41, 5.74) is 0.756. The van der Waals surface area contributed by atoms with Gasteiger partial charge in [0.15, 0.2) is 11.5 Å². The molecule has 1 aromatic rings. The van der Waals surface area contributed by atoms with Crippen LogP contribution in [-0.2, 0) is 0 Å². The molecule has 3 nitrogen and oxygen atoms in total. The molecular formula is C16H26O3. The van der Waals surface area contributed by atoms with Crippen molar-refractivity contribution >= 4 is 0 Å². The maximum Gasteiger partial charge on any atom is 0.160 e. The lowest BCUT2D eigenvalue weighted by molar-refractivity contribution is 0.163. The van der Waals surface area contributed by atoms with Gasteiger partial charge in [-0.15, -0.1) is 0 Å². The Kier molecular flexibility index (Phi) is 7.34. The SMILES string of the molecule is CCCCCCCCC(O)c1ccc(OC)c(O)c1. The zero-order chi connectivity index (χ0) is 14.1. The molecule has 0 saturated carbocycles. The van der Waals surface area contributed by atoms with E-state index in [4.69, 9.17) is 4.74 Å². The number of aliphatic hydroxyl groups is 1. The van der Waals surface area contributed by atoms with Crippen molar-refractivity contribution in [2.24, 2.45) is 0 Å². The number of hydrogen-bond donors (Lipinski definition) is 2. The maximum absolute atomic E-state index is 10.1. The first kappa shape index (κ1) is 15.8. The molecule has 0 radical (unpaired) electrons. The van der Waals surface area contributed by atoms with Crippen molar-refractivity contribution in [1.29, 1.82) is 0 Å². The van der Waals surface area contributed by atoms with Crippen LogP contribution in [0.15, 0.2) is 18.2 Å². The van der Waals surface area contributed by atoms with Crippen LogP contribution in [0.2, 0.25) is 0 Å². The number of rotatable bonds is 9. The lowest BCUT2D eigenvalue weighted by atomic mass is 10.0. The number of methoxy groups -OCH3 is 1. The second-order valence-corrected chi connectivity index (χ2v) is 5.00. The second kappa shape index (κ2) is 8.81. The molecule has 2 N–H and O–H groups in total. The first-order valence-electron chi connectivity index (χ1n) is 7.24.